The Bertz CT molecular complexity index is 854. The number of nitrogens with one attached hydrogen (secondary N) is 1. The zero-order chi connectivity index (χ0) is 19.4. The lowest BCUT2D eigenvalue weighted by molar-refractivity contribution is -0.118. The van der Waals surface area contributed by atoms with Gasteiger partial charge in [-0.25, -0.2) is 4.39 Å². The summed E-state index contributed by atoms with van der Waals surface area (Å²) < 4.78 is 19.4. The van der Waals surface area contributed by atoms with Gasteiger partial charge < -0.3 is 19.9 Å². The summed E-state index contributed by atoms with van der Waals surface area (Å²) in [4.78, 5) is 28.2. The number of fused-ring (bicyclic) bond motifs is 1. The molecule has 2 aromatic rings. The molecule has 0 unspecified atom stereocenters. The third-order valence-electron chi connectivity index (χ3n) is 4.28. The first-order valence-corrected chi connectivity index (χ1v) is 8.68. The SMILES string of the molecule is CN(C)CCN(Cc1ccccc1F)C(=O)c1ccc2c(c1)NC(=O)CO2. The number of amides is 2. The first-order valence-electron chi connectivity index (χ1n) is 8.68. The molecule has 0 aromatic heterocycles. The van der Waals surface area contributed by atoms with E-state index in [1.165, 1.54) is 6.07 Å². The third kappa shape index (κ3) is 4.62. The molecule has 27 heavy (non-hydrogen) atoms. The summed E-state index contributed by atoms with van der Waals surface area (Å²) in [7, 11) is 3.83. The van der Waals surface area contributed by atoms with Gasteiger partial charge in [-0.15, -0.1) is 0 Å². The van der Waals surface area contributed by atoms with Crippen molar-refractivity contribution >= 4 is 17.5 Å². The number of likely N-dealkylation sites (N-methyl/N-ethyl adjacent to an activating group) is 1. The number of benzene rings is 2. The molecular weight excluding hydrogens is 349 g/mol. The van der Waals surface area contributed by atoms with Crippen LogP contribution in [0.4, 0.5) is 10.1 Å². The van der Waals surface area contributed by atoms with Gasteiger partial charge in [0.25, 0.3) is 11.8 Å². The van der Waals surface area contributed by atoms with E-state index in [1.54, 1.807) is 41.3 Å². The van der Waals surface area contributed by atoms with Gasteiger partial charge >= 0.3 is 0 Å². The fraction of sp³-hybridized carbons (Fsp3) is 0.300. The molecule has 142 valence electrons. The van der Waals surface area contributed by atoms with E-state index < -0.39 is 0 Å². The Kier molecular flexibility index (Phi) is 5.71. The van der Waals surface area contributed by atoms with Crippen LogP contribution in [-0.4, -0.2) is 55.4 Å². The summed E-state index contributed by atoms with van der Waals surface area (Å²) in [5.74, 6) is -0.308. The fourth-order valence-corrected chi connectivity index (χ4v) is 2.80. The van der Waals surface area contributed by atoms with Crippen LogP contribution in [0.25, 0.3) is 0 Å². The Balaban J connectivity index is 1.85. The lowest BCUT2D eigenvalue weighted by Gasteiger charge is -2.26. The molecule has 2 aromatic carbocycles. The second-order valence-electron chi connectivity index (χ2n) is 6.67. The van der Waals surface area contributed by atoms with Crippen molar-refractivity contribution in [3.8, 4) is 5.75 Å². The lowest BCUT2D eigenvalue weighted by Crippen LogP contribution is -2.36. The summed E-state index contributed by atoms with van der Waals surface area (Å²) in [5, 5.41) is 2.70. The predicted molar refractivity (Wildman–Crippen MR) is 100 cm³/mol. The molecule has 0 radical (unpaired) electrons. The van der Waals surface area contributed by atoms with Crippen LogP contribution in [0.2, 0.25) is 0 Å². The lowest BCUT2D eigenvalue weighted by atomic mass is 10.1. The van der Waals surface area contributed by atoms with Gasteiger partial charge in [0.1, 0.15) is 11.6 Å². The van der Waals surface area contributed by atoms with Gasteiger partial charge in [-0.1, -0.05) is 18.2 Å². The van der Waals surface area contributed by atoms with Gasteiger partial charge in [-0.3, -0.25) is 9.59 Å². The first kappa shape index (κ1) is 18.8. The van der Waals surface area contributed by atoms with Crippen LogP contribution >= 0.6 is 0 Å². The molecule has 0 bridgehead atoms. The second kappa shape index (κ2) is 8.18. The van der Waals surface area contributed by atoms with Gasteiger partial charge in [0.05, 0.1) is 5.69 Å². The highest BCUT2D eigenvalue weighted by Crippen LogP contribution is 2.29. The topological polar surface area (TPSA) is 61.9 Å². The van der Waals surface area contributed by atoms with Crippen molar-refractivity contribution in [2.24, 2.45) is 0 Å². The van der Waals surface area contributed by atoms with Crippen molar-refractivity contribution in [3.63, 3.8) is 0 Å². The molecule has 0 saturated heterocycles. The van der Waals surface area contributed by atoms with Crippen LogP contribution in [-0.2, 0) is 11.3 Å². The molecule has 0 atom stereocenters. The van der Waals surface area contributed by atoms with E-state index in [0.717, 1.165) is 0 Å². The highest BCUT2D eigenvalue weighted by atomic mass is 19.1. The average Bonchev–Trinajstić information content (AvgIpc) is 2.65. The zero-order valence-electron chi connectivity index (χ0n) is 15.4. The fourth-order valence-electron chi connectivity index (χ4n) is 2.80. The van der Waals surface area contributed by atoms with E-state index in [1.807, 2.05) is 19.0 Å². The number of halogens is 1. The Morgan fingerprint density at radius 1 is 1.19 bits per heavy atom. The number of anilines is 1. The van der Waals surface area contributed by atoms with E-state index in [0.29, 0.717) is 35.7 Å². The molecule has 0 aliphatic carbocycles. The molecule has 3 rings (SSSR count). The van der Waals surface area contributed by atoms with Crippen LogP contribution in [0.3, 0.4) is 0 Å². The largest absolute Gasteiger partial charge is 0.482 e. The Hall–Kier alpha value is -2.93. The van der Waals surface area contributed by atoms with Crippen molar-refractivity contribution in [1.82, 2.24) is 9.80 Å². The Labute approximate surface area is 157 Å². The number of nitrogens with zero attached hydrogens (tertiary/aromatic N) is 2. The van der Waals surface area contributed by atoms with Gasteiger partial charge in [0.2, 0.25) is 0 Å². The molecule has 1 aliphatic heterocycles. The molecule has 2 amide bonds. The monoisotopic (exact) mass is 371 g/mol. The third-order valence-corrected chi connectivity index (χ3v) is 4.28. The average molecular weight is 371 g/mol. The molecule has 1 aliphatic rings. The van der Waals surface area contributed by atoms with Gasteiger partial charge in [0.15, 0.2) is 6.61 Å². The molecule has 6 nitrogen and oxygen atoms in total. The van der Waals surface area contributed by atoms with Crippen LogP contribution in [0.1, 0.15) is 15.9 Å². The molecular formula is C20H22FN3O3. The van der Waals surface area contributed by atoms with Crippen molar-refractivity contribution < 1.29 is 18.7 Å². The molecule has 0 spiro atoms. The normalized spacial score (nSPS) is 13.0. The zero-order valence-corrected chi connectivity index (χ0v) is 15.4. The second-order valence-corrected chi connectivity index (χ2v) is 6.67. The van der Waals surface area contributed by atoms with Crippen molar-refractivity contribution in [3.05, 3.63) is 59.4 Å². The van der Waals surface area contributed by atoms with E-state index in [4.69, 9.17) is 4.74 Å². The molecule has 0 saturated carbocycles. The number of ether oxygens (including phenoxy) is 1. The molecule has 7 heteroatoms. The summed E-state index contributed by atoms with van der Waals surface area (Å²) in [5.41, 5.74) is 1.34. The van der Waals surface area contributed by atoms with Crippen LogP contribution in [0.5, 0.6) is 5.75 Å². The van der Waals surface area contributed by atoms with E-state index in [-0.39, 0.29) is 30.8 Å². The quantitative estimate of drug-likeness (QED) is 0.847. The van der Waals surface area contributed by atoms with Gasteiger partial charge in [-0.2, -0.15) is 0 Å². The standard InChI is InChI=1S/C20H22FN3O3/c1-23(2)9-10-24(12-15-5-3-4-6-16(15)21)20(26)14-7-8-18-17(11-14)22-19(25)13-27-18/h3-8,11H,9-10,12-13H2,1-2H3,(H,22,25). The molecule has 0 fully saturated rings. The minimum Gasteiger partial charge on any atom is -0.482 e. The number of hydrogen-bond acceptors (Lipinski definition) is 4. The number of carbonyl (C=O) groups is 2. The van der Waals surface area contributed by atoms with Crippen LogP contribution in [0.15, 0.2) is 42.5 Å². The van der Waals surface area contributed by atoms with Crippen LogP contribution < -0.4 is 10.1 Å². The Morgan fingerprint density at radius 2 is 1.96 bits per heavy atom. The van der Waals surface area contributed by atoms with E-state index in [2.05, 4.69) is 5.32 Å². The minimum absolute atomic E-state index is 0.0391. The maximum Gasteiger partial charge on any atom is 0.262 e. The van der Waals surface area contributed by atoms with E-state index >= 15 is 0 Å². The van der Waals surface area contributed by atoms with Crippen molar-refractivity contribution in [1.29, 1.82) is 0 Å². The van der Waals surface area contributed by atoms with Crippen LogP contribution in [0, 0.1) is 5.82 Å². The first-order chi connectivity index (χ1) is 12.9. The highest BCUT2D eigenvalue weighted by molar-refractivity contribution is 5.99. The highest BCUT2D eigenvalue weighted by Gasteiger charge is 2.21. The number of hydrogen-bond donors (Lipinski definition) is 1. The van der Waals surface area contributed by atoms with Gasteiger partial charge in [0, 0.05) is 30.8 Å². The van der Waals surface area contributed by atoms with Crippen molar-refractivity contribution in [2.45, 2.75) is 6.54 Å². The smallest absolute Gasteiger partial charge is 0.262 e. The Morgan fingerprint density at radius 3 is 2.70 bits per heavy atom. The predicted octanol–water partition coefficient (Wildman–Crippen LogP) is 2.36. The van der Waals surface area contributed by atoms with E-state index in [9.17, 15) is 14.0 Å². The maximum absolute atomic E-state index is 14.1. The summed E-state index contributed by atoms with van der Waals surface area (Å²) in [6.45, 7) is 1.22. The minimum atomic E-state index is -0.341. The van der Waals surface area contributed by atoms with Crippen molar-refractivity contribution in [2.75, 3.05) is 39.1 Å². The number of carbonyl (C=O) groups excluding carboxylic acids is 2. The summed E-state index contributed by atoms with van der Waals surface area (Å²) >= 11 is 0. The maximum atomic E-state index is 14.1. The van der Waals surface area contributed by atoms with Gasteiger partial charge in [-0.05, 0) is 38.4 Å². The summed E-state index contributed by atoms with van der Waals surface area (Å²) in [6.07, 6.45) is 0. The molecule has 1 heterocycles. The number of rotatable bonds is 6. The molecule has 1 N–H and O–H groups in total. The summed E-state index contributed by atoms with van der Waals surface area (Å²) in [6, 6.07) is 11.3.